The number of aromatic nitrogens is 1. The predicted molar refractivity (Wildman–Crippen MR) is 68.7 cm³/mol. The van der Waals surface area contributed by atoms with Crippen LogP contribution in [-0.4, -0.2) is 30.0 Å². The van der Waals surface area contributed by atoms with Crippen LogP contribution >= 0.6 is 0 Å². The number of nitrogens with zero attached hydrogens (tertiary/aromatic N) is 1. The lowest BCUT2D eigenvalue weighted by molar-refractivity contribution is -0.121. The Balaban J connectivity index is 2.03. The first-order chi connectivity index (χ1) is 8.18. The quantitative estimate of drug-likeness (QED) is 0.697. The van der Waals surface area contributed by atoms with Gasteiger partial charge in [-0.05, 0) is 26.0 Å². The van der Waals surface area contributed by atoms with E-state index in [-0.39, 0.29) is 11.9 Å². The van der Waals surface area contributed by atoms with Crippen molar-refractivity contribution < 1.29 is 4.79 Å². The van der Waals surface area contributed by atoms with Crippen LogP contribution in [0.2, 0.25) is 0 Å². The fraction of sp³-hybridized carbons (Fsp3) is 0.538. The van der Waals surface area contributed by atoms with Crippen molar-refractivity contribution in [3.05, 3.63) is 30.1 Å². The second-order valence-electron chi connectivity index (χ2n) is 4.29. The zero-order chi connectivity index (χ0) is 12.5. The fourth-order valence-corrected chi connectivity index (χ4v) is 1.48. The van der Waals surface area contributed by atoms with Crippen molar-refractivity contribution in [2.45, 2.75) is 32.7 Å². The van der Waals surface area contributed by atoms with Gasteiger partial charge in [0.25, 0.3) is 0 Å². The lowest BCUT2D eigenvalue weighted by Gasteiger charge is -2.08. The molecule has 1 amide bonds. The van der Waals surface area contributed by atoms with E-state index in [4.69, 9.17) is 0 Å². The van der Waals surface area contributed by atoms with Crippen molar-refractivity contribution in [2.24, 2.45) is 0 Å². The third kappa shape index (κ3) is 6.68. The summed E-state index contributed by atoms with van der Waals surface area (Å²) in [6.45, 7) is 5.50. The number of carbonyl (C=O) groups is 1. The Morgan fingerprint density at radius 3 is 2.82 bits per heavy atom. The van der Waals surface area contributed by atoms with Gasteiger partial charge < -0.3 is 10.6 Å². The van der Waals surface area contributed by atoms with Gasteiger partial charge in [0.2, 0.25) is 5.91 Å². The Kier molecular flexibility index (Phi) is 6.25. The molecule has 94 valence electrons. The highest BCUT2D eigenvalue weighted by Gasteiger charge is 2.01. The number of rotatable bonds is 7. The molecule has 0 aromatic carbocycles. The number of hydrogen-bond donors (Lipinski definition) is 2. The van der Waals surface area contributed by atoms with Crippen LogP contribution < -0.4 is 10.6 Å². The average molecular weight is 235 g/mol. The zero-order valence-corrected chi connectivity index (χ0v) is 10.6. The third-order valence-electron chi connectivity index (χ3n) is 2.26. The third-order valence-corrected chi connectivity index (χ3v) is 2.26. The van der Waals surface area contributed by atoms with Crippen LogP contribution in [0.3, 0.4) is 0 Å². The molecule has 0 bridgehead atoms. The topological polar surface area (TPSA) is 54.0 Å². The van der Waals surface area contributed by atoms with E-state index in [1.807, 2.05) is 32.0 Å². The van der Waals surface area contributed by atoms with Crippen LogP contribution in [0.5, 0.6) is 0 Å². The van der Waals surface area contributed by atoms with Crippen molar-refractivity contribution >= 4 is 5.91 Å². The highest BCUT2D eigenvalue weighted by atomic mass is 16.1. The van der Waals surface area contributed by atoms with E-state index in [1.54, 1.807) is 6.20 Å². The second kappa shape index (κ2) is 7.79. The van der Waals surface area contributed by atoms with Gasteiger partial charge in [-0.15, -0.1) is 0 Å². The van der Waals surface area contributed by atoms with E-state index in [2.05, 4.69) is 15.6 Å². The maximum atomic E-state index is 11.3. The van der Waals surface area contributed by atoms with E-state index >= 15 is 0 Å². The van der Waals surface area contributed by atoms with Gasteiger partial charge in [-0.3, -0.25) is 9.78 Å². The van der Waals surface area contributed by atoms with Crippen LogP contribution in [0.4, 0.5) is 0 Å². The molecule has 17 heavy (non-hydrogen) atoms. The lowest BCUT2D eigenvalue weighted by atomic mass is 10.2. The first-order valence-electron chi connectivity index (χ1n) is 6.08. The summed E-state index contributed by atoms with van der Waals surface area (Å²) >= 11 is 0. The molecule has 0 spiro atoms. The highest BCUT2D eigenvalue weighted by Crippen LogP contribution is 1.93. The molecule has 4 heteroatoms. The van der Waals surface area contributed by atoms with Crippen molar-refractivity contribution in [3.8, 4) is 0 Å². The molecule has 1 aromatic heterocycles. The SMILES string of the molecule is CC(C)NC(=O)CCNCCc1ccccn1. The standard InChI is InChI=1S/C13H21N3O/c1-11(2)16-13(17)7-10-14-9-6-12-5-3-4-8-15-12/h3-5,8,11,14H,6-7,9-10H2,1-2H3,(H,16,17). The minimum atomic E-state index is 0.102. The summed E-state index contributed by atoms with van der Waals surface area (Å²) in [5, 5.41) is 6.10. The van der Waals surface area contributed by atoms with Crippen molar-refractivity contribution in [3.63, 3.8) is 0 Å². The van der Waals surface area contributed by atoms with E-state index in [1.165, 1.54) is 0 Å². The van der Waals surface area contributed by atoms with Gasteiger partial charge in [-0.1, -0.05) is 6.07 Å². The molecule has 0 saturated carbocycles. The van der Waals surface area contributed by atoms with Crippen molar-refractivity contribution in [2.75, 3.05) is 13.1 Å². The molecule has 0 saturated heterocycles. The molecule has 0 unspecified atom stereocenters. The normalized spacial score (nSPS) is 10.5. The molecule has 1 heterocycles. The average Bonchev–Trinajstić information content (AvgIpc) is 2.29. The van der Waals surface area contributed by atoms with Crippen LogP contribution in [0.15, 0.2) is 24.4 Å². The molecule has 4 nitrogen and oxygen atoms in total. The monoisotopic (exact) mass is 235 g/mol. The molecule has 2 N–H and O–H groups in total. The van der Waals surface area contributed by atoms with E-state index in [0.717, 1.165) is 18.7 Å². The molecular formula is C13H21N3O. The van der Waals surface area contributed by atoms with Gasteiger partial charge in [0.15, 0.2) is 0 Å². The van der Waals surface area contributed by atoms with Gasteiger partial charge in [0.1, 0.15) is 0 Å². The molecule has 1 aromatic rings. The largest absolute Gasteiger partial charge is 0.354 e. The molecule has 0 fully saturated rings. The Morgan fingerprint density at radius 2 is 2.18 bits per heavy atom. The summed E-state index contributed by atoms with van der Waals surface area (Å²) in [7, 11) is 0. The van der Waals surface area contributed by atoms with Gasteiger partial charge in [0.05, 0.1) is 0 Å². The minimum absolute atomic E-state index is 0.102. The van der Waals surface area contributed by atoms with Gasteiger partial charge in [0, 0.05) is 43.9 Å². The summed E-state index contributed by atoms with van der Waals surface area (Å²) in [6, 6.07) is 6.12. The summed E-state index contributed by atoms with van der Waals surface area (Å²) in [5.41, 5.74) is 1.08. The maximum absolute atomic E-state index is 11.3. The zero-order valence-electron chi connectivity index (χ0n) is 10.6. The van der Waals surface area contributed by atoms with E-state index < -0.39 is 0 Å². The number of nitrogens with one attached hydrogen (secondary N) is 2. The number of amides is 1. The fourth-order valence-electron chi connectivity index (χ4n) is 1.48. The predicted octanol–water partition coefficient (Wildman–Crippen LogP) is 1.13. The second-order valence-corrected chi connectivity index (χ2v) is 4.29. The Bertz CT molecular complexity index is 325. The van der Waals surface area contributed by atoms with E-state index in [0.29, 0.717) is 13.0 Å². The van der Waals surface area contributed by atoms with Crippen LogP contribution in [0.1, 0.15) is 26.0 Å². The first-order valence-corrected chi connectivity index (χ1v) is 6.08. The van der Waals surface area contributed by atoms with Crippen LogP contribution in [0.25, 0.3) is 0 Å². The number of carbonyl (C=O) groups excluding carboxylic acids is 1. The number of pyridine rings is 1. The minimum Gasteiger partial charge on any atom is -0.354 e. The highest BCUT2D eigenvalue weighted by molar-refractivity contribution is 5.76. The molecule has 1 rings (SSSR count). The maximum Gasteiger partial charge on any atom is 0.221 e. The number of hydrogen-bond acceptors (Lipinski definition) is 3. The molecular weight excluding hydrogens is 214 g/mol. The molecule has 0 atom stereocenters. The Hall–Kier alpha value is -1.42. The lowest BCUT2D eigenvalue weighted by Crippen LogP contribution is -2.32. The van der Waals surface area contributed by atoms with Crippen LogP contribution in [0, 0.1) is 0 Å². The molecule has 0 radical (unpaired) electrons. The molecule has 0 aliphatic rings. The Labute approximate surface area is 103 Å². The summed E-state index contributed by atoms with van der Waals surface area (Å²) < 4.78 is 0. The van der Waals surface area contributed by atoms with Crippen molar-refractivity contribution in [1.29, 1.82) is 0 Å². The van der Waals surface area contributed by atoms with Gasteiger partial charge in [-0.2, -0.15) is 0 Å². The summed E-state index contributed by atoms with van der Waals surface area (Å²) in [5.74, 6) is 0.102. The van der Waals surface area contributed by atoms with Crippen molar-refractivity contribution in [1.82, 2.24) is 15.6 Å². The first kappa shape index (κ1) is 13.6. The van der Waals surface area contributed by atoms with Crippen LogP contribution in [-0.2, 0) is 11.2 Å². The molecule has 0 aliphatic carbocycles. The molecule has 0 aliphatic heterocycles. The Morgan fingerprint density at radius 1 is 1.35 bits per heavy atom. The van der Waals surface area contributed by atoms with Gasteiger partial charge >= 0.3 is 0 Å². The van der Waals surface area contributed by atoms with E-state index in [9.17, 15) is 4.79 Å². The summed E-state index contributed by atoms with van der Waals surface area (Å²) in [6.07, 6.45) is 3.22. The summed E-state index contributed by atoms with van der Waals surface area (Å²) in [4.78, 5) is 15.6. The smallest absolute Gasteiger partial charge is 0.221 e. The van der Waals surface area contributed by atoms with Gasteiger partial charge in [-0.25, -0.2) is 0 Å².